The number of anilines is 3. The van der Waals surface area contributed by atoms with Crippen LogP contribution >= 0.6 is 0 Å². The second-order valence-corrected chi connectivity index (χ2v) is 4.84. The highest BCUT2D eigenvalue weighted by Crippen LogP contribution is 2.21. The Morgan fingerprint density at radius 3 is 2.57 bits per heavy atom. The predicted octanol–water partition coefficient (Wildman–Crippen LogP) is 3.06. The number of rotatable bonds is 6. The molecule has 2 aromatic rings. The van der Waals surface area contributed by atoms with Crippen molar-refractivity contribution >= 4 is 17.6 Å². The molecule has 6 heteroatoms. The van der Waals surface area contributed by atoms with E-state index in [1.807, 2.05) is 13.8 Å². The van der Waals surface area contributed by atoms with E-state index in [0.29, 0.717) is 11.9 Å². The third-order valence-corrected chi connectivity index (χ3v) is 2.97. The molecule has 6 nitrogen and oxygen atoms in total. The van der Waals surface area contributed by atoms with Gasteiger partial charge in [0.25, 0.3) is 0 Å². The van der Waals surface area contributed by atoms with Crippen molar-refractivity contribution in [3.63, 3.8) is 0 Å². The van der Waals surface area contributed by atoms with Crippen molar-refractivity contribution in [1.29, 1.82) is 0 Å². The summed E-state index contributed by atoms with van der Waals surface area (Å²) in [7, 11) is 1.54. The first-order valence-corrected chi connectivity index (χ1v) is 7.00. The molecule has 112 valence electrons. The summed E-state index contributed by atoms with van der Waals surface area (Å²) in [5, 5.41) is 6.36. The molecule has 1 aromatic heterocycles. The van der Waals surface area contributed by atoms with Crippen LogP contribution in [0.2, 0.25) is 0 Å². The first-order chi connectivity index (χ1) is 10.1. The quantitative estimate of drug-likeness (QED) is 0.850. The maximum atomic E-state index is 5.12. The van der Waals surface area contributed by atoms with Gasteiger partial charge in [0.1, 0.15) is 0 Å². The van der Waals surface area contributed by atoms with Gasteiger partial charge in [-0.25, -0.2) is 0 Å². The summed E-state index contributed by atoms with van der Waals surface area (Å²) in [6.07, 6.45) is 0.994. The monoisotopic (exact) mass is 287 g/mol. The number of nitrogens with zero attached hydrogens (tertiary/aromatic N) is 3. The standard InChI is InChI=1S/C15H21N5O/c1-5-8-16-13-18-14(20-15(19-13)21-4)17-12-9-10(2)6-7-11(12)3/h6-7,9H,5,8H2,1-4H3,(H2,16,17,18,19,20). The minimum absolute atomic E-state index is 0.288. The van der Waals surface area contributed by atoms with Gasteiger partial charge in [0.2, 0.25) is 11.9 Å². The van der Waals surface area contributed by atoms with E-state index in [2.05, 4.69) is 50.7 Å². The molecule has 1 heterocycles. The molecule has 21 heavy (non-hydrogen) atoms. The van der Waals surface area contributed by atoms with Gasteiger partial charge in [0, 0.05) is 12.2 Å². The average molecular weight is 287 g/mol. The Bertz CT molecular complexity index is 615. The lowest BCUT2D eigenvalue weighted by Crippen LogP contribution is -2.09. The van der Waals surface area contributed by atoms with Crippen LogP contribution in [0.4, 0.5) is 17.6 Å². The maximum Gasteiger partial charge on any atom is 0.322 e. The molecule has 0 saturated carbocycles. The Morgan fingerprint density at radius 2 is 1.86 bits per heavy atom. The summed E-state index contributed by atoms with van der Waals surface area (Å²) < 4.78 is 5.12. The van der Waals surface area contributed by atoms with Gasteiger partial charge in [0.05, 0.1) is 7.11 Å². The number of methoxy groups -OCH3 is 1. The van der Waals surface area contributed by atoms with Gasteiger partial charge in [-0.1, -0.05) is 19.1 Å². The van der Waals surface area contributed by atoms with Gasteiger partial charge >= 0.3 is 6.01 Å². The Labute approximate surface area is 125 Å². The lowest BCUT2D eigenvalue weighted by Gasteiger charge is -2.11. The minimum Gasteiger partial charge on any atom is -0.467 e. The molecule has 2 rings (SSSR count). The van der Waals surface area contributed by atoms with Crippen LogP contribution in [-0.4, -0.2) is 28.6 Å². The van der Waals surface area contributed by atoms with E-state index in [9.17, 15) is 0 Å². The molecule has 0 aliphatic heterocycles. The van der Waals surface area contributed by atoms with E-state index in [1.165, 1.54) is 5.56 Å². The van der Waals surface area contributed by atoms with Crippen LogP contribution in [0.1, 0.15) is 24.5 Å². The molecular formula is C15H21N5O. The van der Waals surface area contributed by atoms with Crippen LogP contribution in [0.25, 0.3) is 0 Å². The number of aryl methyl sites for hydroxylation is 2. The molecule has 1 aromatic carbocycles. The molecular weight excluding hydrogens is 266 g/mol. The summed E-state index contributed by atoms with van der Waals surface area (Å²) >= 11 is 0. The zero-order valence-electron chi connectivity index (χ0n) is 12.9. The second kappa shape index (κ2) is 6.88. The number of nitrogens with one attached hydrogen (secondary N) is 2. The van der Waals surface area contributed by atoms with Crippen LogP contribution < -0.4 is 15.4 Å². The summed E-state index contributed by atoms with van der Waals surface area (Å²) in [6.45, 7) is 6.97. The highest BCUT2D eigenvalue weighted by Gasteiger charge is 2.08. The second-order valence-electron chi connectivity index (χ2n) is 4.84. The predicted molar refractivity (Wildman–Crippen MR) is 84.4 cm³/mol. The third-order valence-electron chi connectivity index (χ3n) is 2.97. The van der Waals surface area contributed by atoms with Crippen molar-refractivity contribution in [1.82, 2.24) is 15.0 Å². The van der Waals surface area contributed by atoms with E-state index < -0.39 is 0 Å². The van der Waals surface area contributed by atoms with E-state index >= 15 is 0 Å². The van der Waals surface area contributed by atoms with Crippen LogP contribution in [-0.2, 0) is 0 Å². The van der Waals surface area contributed by atoms with E-state index in [4.69, 9.17) is 4.74 Å². The molecule has 0 aliphatic carbocycles. The summed E-state index contributed by atoms with van der Waals surface area (Å²) in [4.78, 5) is 12.8. The lowest BCUT2D eigenvalue weighted by molar-refractivity contribution is 0.379. The fourth-order valence-corrected chi connectivity index (χ4v) is 1.81. The van der Waals surface area contributed by atoms with Crippen LogP contribution in [0.3, 0.4) is 0 Å². The first kappa shape index (κ1) is 15.0. The number of hydrogen-bond donors (Lipinski definition) is 2. The van der Waals surface area contributed by atoms with Crippen molar-refractivity contribution in [2.75, 3.05) is 24.3 Å². The topological polar surface area (TPSA) is 72.0 Å². The molecule has 0 unspecified atom stereocenters. The highest BCUT2D eigenvalue weighted by molar-refractivity contribution is 5.60. The smallest absolute Gasteiger partial charge is 0.322 e. The Morgan fingerprint density at radius 1 is 1.10 bits per heavy atom. The molecule has 0 aliphatic rings. The summed E-state index contributed by atoms with van der Waals surface area (Å²) in [6, 6.07) is 6.48. The minimum atomic E-state index is 0.288. The van der Waals surface area contributed by atoms with Gasteiger partial charge in [0.15, 0.2) is 0 Å². The molecule has 0 bridgehead atoms. The summed E-state index contributed by atoms with van der Waals surface area (Å²) in [5.41, 5.74) is 3.28. The maximum absolute atomic E-state index is 5.12. The van der Waals surface area contributed by atoms with Gasteiger partial charge in [-0.15, -0.1) is 0 Å². The van der Waals surface area contributed by atoms with Crippen LogP contribution in [0, 0.1) is 13.8 Å². The van der Waals surface area contributed by atoms with Crippen LogP contribution in [0.15, 0.2) is 18.2 Å². The molecule has 0 atom stereocenters. The van der Waals surface area contributed by atoms with Gasteiger partial charge in [-0.2, -0.15) is 15.0 Å². The average Bonchev–Trinajstić information content (AvgIpc) is 2.48. The third kappa shape index (κ3) is 4.05. The normalized spacial score (nSPS) is 10.3. The van der Waals surface area contributed by atoms with Gasteiger partial charge in [-0.05, 0) is 37.5 Å². The fourth-order valence-electron chi connectivity index (χ4n) is 1.81. The molecule has 0 fully saturated rings. The van der Waals surface area contributed by atoms with Crippen molar-refractivity contribution in [2.24, 2.45) is 0 Å². The molecule has 0 radical (unpaired) electrons. The molecule has 2 N–H and O–H groups in total. The van der Waals surface area contributed by atoms with Crippen molar-refractivity contribution < 1.29 is 4.74 Å². The Balaban J connectivity index is 2.27. The van der Waals surface area contributed by atoms with Gasteiger partial charge in [-0.3, -0.25) is 0 Å². The SMILES string of the molecule is CCCNc1nc(Nc2cc(C)ccc2C)nc(OC)n1. The van der Waals surface area contributed by atoms with E-state index in [0.717, 1.165) is 24.2 Å². The lowest BCUT2D eigenvalue weighted by atomic mass is 10.1. The van der Waals surface area contributed by atoms with Crippen molar-refractivity contribution in [3.05, 3.63) is 29.3 Å². The van der Waals surface area contributed by atoms with Gasteiger partial charge < -0.3 is 15.4 Å². The Hall–Kier alpha value is -2.37. The number of aromatic nitrogens is 3. The zero-order chi connectivity index (χ0) is 15.2. The van der Waals surface area contributed by atoms with E-state index in [1.54, 1.807) is 7.11 Å². The molecule has 0 saturated heterocycles. The summed E-state index contributed by atoms with van der Waals surface area (Å²) in [5.74, 6) is 0.977. The zero-order valence-corrected chi connectivity index (χ0v) is 12.9. The highest BCUT2D eigenvalue weighted by atomic mass is 16.5. The van der Waals surface area contributed by atoms with Crippen molar-refractivity contribution in [2.45, 2.75) is 27.2 Å². The molecule has 0 amide bonds. The largest absolute Gasteiger partial charge is 0.467 e. The Kier molecular flexibility index (Phi) is 4.92. The number of benzene rings is 1. The number of ether oxygens (including phenoxy) is 1. The number of hydrogen-bond acceptors (Lipinski definition) is 6. The fraction of sp³-hybridized carbons (Fsp3) is 0.400. The molecule has 0 spiro atoms. The van der Waals surface area contributed by atoms with Crippen LogP contribution in [0.5, 0.6) is 6.01 Å². The van der Waals surface area contributed by atoms with Crippen molar-refractivity contribution in [3.8, 4) is 6.01 Å². The first-order valence-electron chi connectivity index (χ1n) is 7.00. The van der Waals surface area contributed by atoms with E-state index in [-0.39, 0.29) is 6.01 Å².